The van der Waals surface area contributed by atoms with Crippen molar-refractivity contribution in [2.24, 2.45) is 0 Å². The first-order valence-corrected chi connectivity index (χ1v) is 11.7. The summed E-state index contributed by atoms with van der Waals surface area (Å²) in [6.45, 7) is 2.05. The van der Waals surface area contributed by atoms with Gasteiger partial charge in [-0.3, -0.25) is 14.2 Å². The molecule has 0 spiro atoms. The molecule has 162 valence electrons. The highest BCUT2D eigenvalue weighted by Crippen LogP contribution is 2.37. The third kappa shape index (κ3) is 3.98. The summed E-state index contributed by atoms with van der Waals surface area (Å²) in [5.74, 6) is -0.459. The normalized spacial score (nSPS) is 13.2. The van der Waals surface area contributed by atoms with Crippen molar-refractivity contribution in [3.05, 3.63) is 86.8 Å². The molecule has 5 rings (SSSR count). The number of hydrogen-bond acceptors (Lipinski definition) is 5. The number of esters is 1. The minimum Gasteiger partial charge on any atom is -0.459 e. The molecule has 0 atom stereocenters. The first kappa shape index (κ1) is 20.6. The van der Waals surface area contributed by atoms with Crippen molar-refractivity contribution in [2.75, 3.05) is 0 Å². The number of hydrogen-bond donors (Lipinski definition) is 0. The second kappa shape index (κ2) is 8.71. The van der Waals surface area contributed by atoms with E-state index in [2.05, 4.69) is 23.2 Å². The van der Waals surface area contributed by atoms with E-state index in [0.29, 0.717) is 10.2 Å². The van der Waals surface area contributed by atoms with Crippen LogP contribution in [0, 0.1) is 6.92 Å². The van der Waals surface area contributed by atoms with Crippen LogP contribution in [0.25, 0.3) is 21.3 Å². The van der Waals surface area contributed by atoms with Crippen LogP contribution in [0.4, 0.5) is 0 Å². The van der Waals surface area contributed by atoms with Crippen LogP contribution in [0.5, 0.6) is 0 Å². The Kier molecular flexibility index (Phi) is 5.62. The van der Waals surface area contributed by atoms with Crippen LogP contribution >= 0.6 is 11.3 Å². The summed E-state index contributed by atoms with van der Waals surface area (Å²) < 4.78 is 6.71. The third-order valence-electron chi connectivity index (χ3n) is 6.03. The van der Waals surface area contributed by atoms with Crippen molar-refractivity contribution in [2.45, 2.75) is 45.8 Å². The number of aryl methyl sites for hydroxylation is 3. The van der Waals surface area contributed by atoms with E-state index < -0.39 is 5.97 Å². The van der Waals surface area contributed by atoms with E-state index in [1.54, 1.807) is 0 Å². The first-order valence-electron chi connectivity index (χ1n) is 10.9. The van der Waals surface area contributed by atoms with Gasteiger partial charge >= 0.3 is 5.97 Å². The van der Waals surface area contributed by atoms with Gasteiger partial charge in [-0.15, -0.1) is 11.3 Å². The average Bonchev–Trinajstić information content (AvgIpc) is 3.16. The molecule has 2 heterocycles. The van der Waals surface area contributed by atoms with Gasteiger partial charge in [0, 0.05) is 10.4 Å². The van der Waals surface area contributed by atoms with Gasteiger partial charge in [0.15, 0.2) is 0 Å². The molecule has 2 aromatic heterocycles. The van der Waals surface area contributed by atoms with E-state index in [9.17, 15) is 9.59 Å². The Bertz CT molecular complexity index is 1360. The molecule has 1 aliphatic rings. The Morgan fingerprint density at radius 2 is 1.88 bits per heavy atom. The Morgan fingerprint density at radius 1 is 1.09 bits per heavy atom. The fourth-order valence-corrected chi connectivity index (χ4v) is 5.41. The zero-order valence-corrected chi connectivity index (χ0v) is 18.8. The molecule has 0 saturated heterocycles. The molecular formula is C26H24N2O3S. The number of ether oxygens (including phenoxy) is 1. The lowest BCUT2D eigenvalue weighted by Gasteiger charge is -2.16. The second-order valence-electron chi connectivity index (χ2n) is 8.23. The predicted molar refractivity (Wildman–Crippen MR) is 127 cm³/mol. The number of carbonyl (C=O) groups excluding carboxylic acids is 1. The van der Waals surface area contributed by atoms with Crippen LogP contribution in [-0.4, -0.2) is 15.5 Å². The number of fused-ring (bicyclic) bond motifs is 2. The van der Waals surface area contributed by atoms with E-state index in [4.69, 9.17) is 4.74 Å². The second-order valence-corrected chi connectivity index (χ2v) is 9.43. The summed E-state index contributed by atoms with van der Waals surface area (Å²) in [6, 6.07) is 16.0. The molecule has 6 heteroatoms. The quantitative estimate of drug-likeness (QED) is 0.404. The Labute approximate surface area is 190 Å². The smallest absolute Gasteiger partial charge is 0.326 e. The summed E-state index contributed by atoms with van der Waals surface area (Å²) >= 11 is 1.52. The van der Waals surface area contributed by atoms with E-state index in [1.165, 1.54) is 46.2 Å². The minimum absolute atomic E-state index is 0.160. The maximum absolute atomic E-state index is 13.4. The van der Waals surface area contributed by atoms with Crippen molar-refractivity contribution in [3.63, 3.8) is 0 Å². The highest BCUT2D eigenvalue weighted by molar-refractivity contribution is 7.19. The molecule has 4 aromatic rings. The zero-order valence-electron chi connectivity index (χ0n) is 18.0. The third-order valence-corrected chi connectivity index (χ3v) is 7.05. The molecule has 0 radical (unpaired) electrons. The largest absolute Gasteiger partial charge is 0.459 e. The highest BCUT2D eigenvalue weighted by Gasteiger charge is 2.19. The summed E-state index contributed by atoms with van der Waals surface area (Å²) in [5.41, 5.74) is 5.48. The number of aromatic nitrogens is 2. The van der Waals surface area contributed by atoms with Gasteiger partial charge in [0.05, 0.1) is 11.7 Å². The Morgan fingerprint density at radius 3 is 2.69 bits per heavy atom. The topological polar surface area (TPSA) is 61.2 Å². The number of carbonyl (C=O) groups is 1. The fraction of sp³-hybridized carbons (Fsp3) is 0.269. The van der Waals surface area contributed by atoms with Crippen LogP contribution in [0.2, 0.25) is 0 Å². The summed E-state index contributed by atoms with van der Waals surface area (Å²) in [6.07, 6.45) is 6.10. The number of rotatable bonds is 5. The molecule has 0 N–H and O–H groups in total. The van der Waals surface area contributed by atoms with Gasteiger partial charge in [0.2, 0.25) is 0 Å². The van der Waals surface area contributed by atoms with Crippen molar-refractivity contribution < 1.29 is 9.53 Å². The maximum atomic E-state index is 13.4. The van der Waals surface area contributed by atoms with Crippen molar-refractivity contribution >= 4 is 27.5 Å². The molecule has 2 aromatic carbocycles. The predicted octanol–water partition coefficient (Wildman–Crippen LogP) is 5.06. The monoisotopic (exact) mass is 444 g/mol. The lowest BCUT2D eigenvalue weighted by atomic mass is 9.89. The van der Waals surface area contributed by atoms with Crippen molar-refractivity contribution in [1.82, 2.24) is 9.55 Å². The van der Waals surface area contributed by atoms with Crippen LogP contribution in [-0.2, 0) is 35.5 Å². The van der Waals surface area contributed by atoms with E-state index >= 15 is 0 Å². The highest BCUT2D eigenvalue weighted by atomic mass is 32.1. The molecule has 1 aliphatic carbocycles. The van der Waals surface area contributed by atoms with Gasteiger partial charge < -0.3 is 4.74 Å². The van der Waals surface area contributed by atoms with Gasteiger partial charge in [0.1, 0.15) is 18.0 Å². The van der Waals surface area contributed by atoms with Crippen molar-refractivity contribution in [3.8, 4) is 11.1 Å². The molecule has 5 nitrogen and oxygen atoms in total. The zero-order chi connectivity index (χ0) is 22.1. The molecule has 0 unspecified atom stereocenters. The van der Waals surface area contributed by atoms with Crippen LogP contribution in [0.1, 0.15) is 34.4 Å². The standard InChI is InChI=1S/C26H24N2O3S/c1-17-23(21-12-11-19-9-5-6-10-20(19)13-21)24-25(32-17)27-16-28(26(24)30)14-22(29)31-15-18-7-3-2-4-8-18/h2-4,7-8,11-13,16H,5-6,9-10,14-15H2,1H3. The van der Waals surface area contributed by atoms with Gasteiger partial charge in [-0.25, -0.2) is 4.98 Å². The SMILES string of the molecule is Cc1sc2ncn(CC(=O)OCc3ccccc3)c(=O)c2c1-c1ccc2c(c1)CCCC2. The number of nitrogens with zero attached hydrogens (tertiary/aromatic N) is 2. The summed E-state index contributed by atoms with van der Waals surface area (Å²) in [5, 5.41) is 0.585. The van der Waals surface area contributed by atoms with Crippen molar-refractivity contribution in [1.29, 1.82) is 0 Å². The Hall–Kier alpha value is -3.25. The van der Waals surface area contributed by atoms with E-state index in [1.807, 2.05) is 37.3 Å². The molecule has 0 fully saturated rings. The van der Waals surface area contributed by atoms with E-state index in [0.717, 1.165) is 34.4 Å². The molecule has 0 bridgehead atoms. The van der Waals surface area contributed by atoms with Crippen LogP contribution in [0.3, 0.4) is 0 Å². The van der Waals surface area contributed by atoms with Gasteiger partial charge in [-0.05, 0) is 54.9 Å². The molecule has 32 heavy (non-hydrogen) atoms. The summed E-state index contributed by atoms with van der Waals surface area (Å²) in [4.78, 5) is 32.0. The molecular weight excluding hydrogens is 420 g/mol. The summed E-state index contributed by atoms with van der Waals surface area (Å²) in [7, 11) is 0. The van der Waals surface area contributed by atoms with Crippen LogP contribution < -0.4 is 5.56 Å². The number of benzene rings is 2. The molecule has 0 saturated carbocycles. The fourth-order valence-electron chi connectivity index (χ4n) is 4.41. The van der Waals surface area contributed by atoms with Gasteiger partial charge in [-0.1, -0.05) is 48.5 Å². The van der Waals surface area contributed by atoms with Gasteiger partial charge in [0.25, 0.3) is 5.56 Å². The molecule has 0 aliphatic heterocycles. The van der Waals surface area contributed by atoms with Gasteiger partial charge in [-0.2, -0.15) is 0 Å². The Balaban J connectivity index is 1.46. The average molecular weight is 445 g/mol. The van der Waals surface area contributed by atoms with Crippen LogP contribution in [0.15, 0.2) is 59.7 Å². The lowest BCUT2D eigenvalue weighted by Crippen LogP contribution is -2.25. The minimum atomic E-state index is -0.459. The van der Waals surface area contributed by atoms with E-state index in [-0.39, 0.29) is 18.7 Å². The number of thiophene rings is 1. The maximum Gasteiger partial charge on any atom is 0.326 e. The first-order chi connectivity index (χ1) is 15.6. The lowest BCUT2D eigenvalue weighted by molar-refractivity contribution is -0.145. The molecule has 0 amide bonds.